The number of rotatable bonds is 3. The molecule has 172 valence electrons. The van der Waals surface area contributed by atoms with Gasteiger partial charge < -0.3 is 15.1 Å². The Morgan fingerprint density at radius 3 is 2.47 bits per heavy atom. The number of hydrogen-bond donors (Lipinski definition) is 1. The van der Waals surface area contributed by atoms with Gasteiger partial charge in [-0.2, -0.15) is 0 Å². The summed E-state index contributed by atoms with van der Waals surface area (Å²) in [5, 5.41) is 14.0. The van der Waals surface area contributed by atoms with Crippen molar-refractivity contribution < 1.29 is 9.18 Å². The standard InChI is InChI=1S/C26H23ClFN5O/c1-17-16-32(13-14-33(17)26(34)29-19-11-12-23(28)22(27)15-19)25-21-10-6-5-9-20(21)24(30-31-25)18-7-3-2-4-8-18/h2-12,15,17H,13-14,16H2,1H3,(H,29,34)/t17-/m0/s1. The second kappa shape index (κ2) is 9.27. The number of carbonyl (C=O) groups excluding carboxylic acids is 1. The second-order valence-corrected chi connectivity index (χ2v) is 8.74. The minimum Gasteiger partial charge on any atom is -0.351 e. The lowest BCUT2D eigenvalue weighted by atomic mass is 10.0. The third-order valence-corrected chi connectivity index (χ3v) is 6.36. The third-order valence-electron chi connectivity index (χ3n) is 6.07. The topological polar surface area (TPSA) is 61.4 Å². The van der Waals surface area contributed by atoms with E-state index in [2.05, 4.69) is 32.5 Å². The normalized spacial score (nSPS) is 16.0. The van der Waals surface area contributed by atoms with Gasteiger partial charge in [-0.05, 0) is 25.1 Å². The number of nitrogens with one attached hydrogen (secondary N) is 1. The van der Waals surface area contributed by atoms with Gasteiger partial charge in [0.2, 0.25) is 0 Å². The quantitative estimate of drug-likeness (QED) is 0.405. The van der Waals surface area contributed by atoms with Crippen LogP contribution >= 0.6 is 11.6 Å². The van der Waals surface area contributed by atoms with Gasteiger partial charge in [0.05, 0.1) is 5.02 Å². The van der Waals surface area contributed by atoms with Crippen LogP contribution in [0.3, 0.4) is 0 Å². The van der Waals surface area contributed by atoms with Crippen LogP contribution in [0, 0.1) is 5.82 Å². The van der Waals surface area contributed by atoms with Gasteiger partial charge in [0.1, 0.15) is 11.5 Å². The minimum absolute atomic E-state index is 0.0277. The molecule has 4 aromatic rings. The highest BCUT2D eigenvalue weighted by molar-refractivity contribution is 6.31. The molecular weight excluding hydrogens is 453 g/mol. The van der Waals surface area contributed by atoms with Crippen molar-refractivity contribution in [3.05, 3.63) is 83.6 Å². The Kier molecular flexibility index (Phi) is 6.02. The van der Waals surface area contributed by atoms with E-state index >= 15 is 0 Å². The monoisotopic (exact) mass is 475 g/mol. The highest BCUT2D eigenvalue weighted by Gasteiger charge is 2.29. The molecule has 1 aromatic heterocycles. The average molecular weight is 476 g/mol. The van der Waals surface area contributed by atoms with Crippen molar-refractivity contribution in [3.63, 3.8) is 0 Å². The molecule has 1 fully saturated rings. The summed E-state index contributed by atoms with van der Waals surface area (Å²) in [6, 6.07) is 22.0. The smallest absolute Gasteiger partial charge is 0.322 e. The number of fused-ring (bicyclic) bond motifs is 1. The van der Waals surface area contributed by atoms with Gasteiger partial charge in [-0.15, -0.1) is 10.2 Å². The number of amides is 2. The molecule has 1 saturated heterocycles. The first-order valence-electron chi connectivity index (χ1n) is 11.1. The third kappa shape index (κ3) is 4.26. The van der Waals surface area contributed by atoms with E-state index in [1.807, 2.05) is 49.4 Å². The first kappa shape index (κ1) is 22.1. The van der Waals surface area contributed by atoms with Crippen LogP contribution in [-0.2, 0) is 0 Å². The molecule has 5 rings (SSSR count). The maximum absolute atomic E-state index is 13.4. The zero-order chi connectivity index (χ0) is 23.7. The molecule has 0 aliphatic carbocycles. The van der Waals surface area contributed by atoms with Gasteiger partial charge in [-0.3, -0.25) is 0 Å². The molecule has 34 heavy (non-hydrogen) atoms. The summed E-state index contributed by atoms with van der Waals surface area (Å²) >= 11 is 5.84. The van der Waals surface area contributed by atoms with Gasteiger partial charge in [0.15, 0.2) is 5.82 Å². The summed E-state index contributed by atoms with van der Waals surface area (Å²) in [6.45, 7) is 3.74. The molecule has 0 radical (unpaired) electrons. The lowest BCUT2D eigenvalue weighted by molar-refractivity contribution is 0.184. The average Bonchev–Trinajstić information content (AvgIpc) is 2.86. The number of benzene rings is 3. The molecule has 0 spiro atoms. The van der Waals surface area contributed by atoms with Crippen molar-refractivity contribution in [1.82, 2.24) is 15.1 Å². The Balaban J connectivity index is 1.36. The van der Waals surface area contributed by atoms with Gasteiger partial charge in [-0.25, -0.2) is 9.18 Å². The van der Waals surface area contributed by atoms with Crippen LogP contribution in [0.25, 0.3) is 22.0 Å². The van der Waals surface area contributed by atoms with Crippen molar-refractivity contribution in [3.8, 4) is 11.3 Å². The summed E-state index contributed by atoms with van der Waals surface area (Å²) in [5.74, 6) is 0.292. The molecule has 6 nitrogen and oxygen atoms in total. The zero-order valence-corrected chi connectivity index (χ0v) is 19.3. The Hall–Kier alpha value is -3.71. The minimum atomic E-state index is -0.520. The van der Waals surface area contributed by atoms with Gasteiger partial charge >= 0.3 is 6.03 Å². The predicted octanol–water partition coefficient (Wildman–Crippen LogP) is 5.83. The SMILES string of the molecule is C[C@H]1CN(c2nnc(-c3ccccc3)c3ccccc23)CCN1C(=O)Nc1ccc(F)c(Cl)c1. The van der Waals surface area contributed by atoms with E-state index in [4.69, 9.17) is 11.6 Å². The van der Waals surface area contributed by atoms with E-state index in [1.165, 1.54) is 18.2 Å². The maximum atomic E-state index is 13.4. The molecular formula is C26H23ClFN5O. The number of piperazine rings is 1. The van der Waals surface area contributed by atoms with Crippen LogP contribution in [0.1, 0.15) is 6.92 Å². The van der Waals surface area contributed by atoms with E-state index in [9.17, 15) is 9.18 Å². The van der Waals surface area contributed by atoms with Crippen LogP contribution in [-0.4, -0.2) is 46.8 Å². The second-order valence-electron chi connectivity index (χ2n) is 8.33. The number of hydrogen-bond acceptors (Lipinski definition) is 4. The number of halogens is 2. The van der Waals surface area contributed by atoms with E-state index < -0.39 is 5.82 Å². The van der Waals surface area contributed by atoms with Crippen molar-refractivity contribution in [2.24, 2.45) is 0 Å². The highest BCUT2D eigenvalue weighted by Crippen LogP contribution is 2.32. The lowest BCUT2D eigenvalue weighted by Crippen LogP contribution is -2.55. The van der Waals surface area contributed by atoms with E-state index in [-0.39, 0.29) is 17.1 Å². The predicted molar refractivity (Wildman–Crippen MR) is 134 cm³/mol. The summed E-state index contributed by atoms with van der Waals surface area (Å²) in [6.07, 6.45) is 0. The Morgan fingerprint density at radius 2 is 1.74 bits per heavy atom. The Morgan fingerprint density at radius 1 is 1.00 bits per heavy atom. The molecule has 1 N–H and O–H groups in total. The highest BCUT2D eigenvalue weighted by atomic mass is 35.5. The molecule has 2 amide bonds. The fourth-order valence-corrected chi connectivity index (χ4v) is 4.53. The van der Waals surface area contributed by atoms with Crippen molar-refractivity contribution in [1.29, 1.82) is 0 Å². The summed E-state index contributed by atoms with van der Waals surface area (Å²) < 4.78 is 13.4. The zero-order valence-electron chi connectivity index (χ0n) is 18.6. The van der Waals surface area contributed by atoms with Gasteiger partial charge in [-0.1, -0.05) is 66.2 Å². The molecule has 8 heteroatoms. The van der Waals surface area contributed by atoms with Crippen LogP contribution < -0.4 is 10.2 Å². The molecule has 3 aromatic carbocycles. The molecule has 0 bridgehead atoms. The number of carbonyl (C=O) groups is 1. The lowest BCUT2D eigenvalue weighted by Gasteiger charge is -2.40. The summed E-state index contributed by atoms with van der Waals surface area (Å²) in [7, 11) is 0. The van der Waals surface area contributed by atoms with E-state index in [0.29, 0.717) is 25.3 Å². The van der Waals surface area contributed by atoms with Gasteiger partial charge in [0, 0.05) is 47.7 Å². The first-order valence-corrected chi connectivity index (χ1v) is 11.5. The summed E-state index contributed by atoms with van der Waals surface area (Å²) in [4.78, 5) is 16.8. The first-order chi connectivity index (χ1) is 16.5. The molecule has 2 heterocycles. The van der Waals surface area contributed by atoms with Crippen LogP contribution in [0.2, 0.25) is 5.02 Å². The van der Waals surface area contributed by atoms with E-state index in [0.717, 1.165) is 27.8 Å². The van der Waals surface area contributed by atoms with Crippen LogP contribution in [0.15, 0.2) is 72.8 Å². The van der Waals surface area contributed by atoms with Crippen molar-refractivity contribution in [2.75, 3.05) is 29.9 Å². The van der Waals surface area contributed by atoms with Gasteiger partial charge in [0.25, 0.3) is 0 Å². The molecule has 1 atom stereocenters. The van der Waals surface area contributed by atoms with E-state index in [1.54, 1.807) is 4.90 Å². The number of anilines is 2. The van der Waals surface area contributed by atoms with Crippen LogP contribution in [0.5, 0.6) is 0 Å². The fourth-order valence-electron chi connectivity index (χ4n) is 4.35. The van der Waals surface area contributed by atoms with Crippen LogP contribution in [0.4, 0.5) is 20.7 Å². The molecule has 1 aliphatic rings. The Labute approximate surface area is 202 Å². The number of urea groups is 1. The van der Waals surface area contributed by atoms with Crippen molar-refractivity contribution >= 4 is 39.9 Å². The Bertz CT molecular complexity index is 1350. The fraction of sp³-hybridized carbons (Fsp3) is 0.192. The van der Waals surface area contributed by atoms with Crippen molar-refractivity contribution in [2.45, 2.75) is 13.0 Å². The summed E-state index contributed by atoms with van der Waals surface area (Å²) in [5.41, 5.74) is 2.33. The molecule has 0 unspecified atom stereocenters. The molecule has 0 saturated carbocycles. The molecule has 1 aliphatic heterocycles. The number of nitrogens with zero attached hydrogens (tertiary/aromatic N) is 4. The largest absolute Gasteiger partial charge is 0.351 e. The maximum Gasteiger partial charge on any atom is 0.322 e. The number of aromatic nitrogens is 2.